The lowest BCUT2D eigenvalue weighted by Crippen LogP contribution is -2.56. The Morgan fingerprint density at radius 1 is 0.964 bits per heavy atom. The molecule has 0 aliphatic carbocycles. The summed E-state index contributed by atoms with van der Waals surface area (Å²) in [5, 5.41) is 6.05. The van der Waals surface area contributed by atoms with E-state index >= 15 is 0 Å². The van der Waals surface area contributed by atoms with Crippen molar-refractivity contribution < 1.29 is 14.3 Å². The Hall–Kier alpha value is -1.67. The van der Waals surface area contributed by atoms with E-state index in [0.29, 0.717) is 13.1 Å². The van der Waals surface area contributed by atoms with Gasteiger partial charge in [-0.15, -0.1) is 0 Å². The van der Waals surface area contributed by atoms with Crippen LogP contribution in [0.3, 0.4) is 0 Å². The second-order valence-corrected chi connectivity index (χ2v) is 8.11. The van der Waals surface area contributed by atoms with Crippen molar-refractivity contribution in [2.45, 2.75) is 32.5 Å². The van der Waals surface area contributed by atoms with Gasteiger partial charge in [-0.05, 0) is 25.0 Å². The molecule has 2 aliphatic heterocycles. The first kappa shape index (κ1) is 21.0. The van der Waals surface area contributed by atoms with Crippen molar-refractivity contribution in [2.75, 3.05) is 59.2 Å². The van der Waals surface area contributed by atoms with Crippen molar-refractivity contribution in [1.82, 2.24) is 20.4 Å². The second kappa shape index (κ2) is 10.2. The minimum absolute atomic E-state index is 0.0879. The maximum atomic E-state index is 12.4. The number of carbonyl (C=O) groups is 1. The number of nitrogens with zero attached hydrogens (tertiary/aromatic N) is 2. The van der Waals surface area contributed by atoms with E-state index in [1.54, 1.807) is 0 Å². The highest BCUT2D eigenvalue weighted by atomic mass is 16.5. The lowest BCUT2D eigenvalue weighted by Gasteiger charge is -2.40. The molecule has 0 radical (unpaired) electrons. The van der Waals surface area contributed by atoms with Crippen molar-refractivity contribution in [3.8, 4) is 0 Å². The van der Waals surface area contributed by atoms with E-state index in [9.17, 15) is 4.79 Å². The zero-order valence-corrected chi connectivity index (χ0v) is 17.2. The maximum absolute atomic E-state index is 12.4. The van der Waals surface area contributed by atoms with Crippen molar-refractivity contribution in [1.29, 1.82) is 0 Å². The van der Waals surface area contributed by atoms with E-state index < -0.39 is 0 Å². The number of ether oxygens (including phenoxy) is 2. The van der Waals surface area contributed by atoms with Crippen molar-refractivity contribution >= 4 is 6.03 Å². The van der Waals surface area contributed by atoms with Crippen LogP contribution in [0, 0.1) is 0 Å². The Morgan fingerprint density at radius 2 is 1.57 bits per heavy atom. The van der Waals surface area contributed by atoms with Crippen LogP contribution in [0.15, 0.2) is 24.3 Å². The van der Waals surface area contributed by atoms with Crippen LogP contribution in [-0.2, 0) is 22.6 Å². The number of carbonyl (C=O) groups excluding carboxylic acids is 1. The molecule has 2 saturated heterocycles. The predicted octanol–water partition coefficient (Wildman–Crippen LogP) is 1.43. The average molecular weight is 391 g/mol. The number of urea groups is 1. The first-order chi connectivity index (χ1) is 13.5. The zero-order chi connectivity index (χ0) is 19.8. The Bertz CT molecular complexity index is 626. The summed E-state index contributed by atoms with van der Waals surface area (Å²) >= 11 is 0. The van der Waals surface area contributed by atoms with Crippen molar-refractivity contribution in [3.63, 3.8) is 0 Å². The number of hydrogen-bond donors (Lipinski definition) is 2. The first-order valence-corrected chi connectivity index (χ1v) is 10.3. The van der Waals surface area contributed by atoms with Crippen LogP contribution < -0.4 is 10.6 Å². The van der Waals surface area contributed by atoms with Gasteiger partial charge in [0.15, 0.2) is 0 Å². The fraction of sp³-hybridized carbons (Fsp3) is 0.667. The van der Waals surface area contributed by atoms with E-state index in [2.05, 4.69) is 52.5 Å². The Kier molecular flexibility index (Phi) is 7.67. The highest BCUT2D eigenvalue weighted by molar-refractivity contribution is 5.74. The molecule has 2 aliphatic rings. The van der Waals surface area contributed by atoms with Crippen LogP contribution >= 0.6 is 0 Å². The summed E-state index contributed by atoms with van der Waals surface area (Å²) in [5.41, 5.74) is 2.34. The summed E-state index contributed by atoms with van der Waals surface area (Å²) in [7, 11) is 0. The van der Waals surface area contributed by atoms with Crippen molar-refractivity contribution in [3.05, 3.63) is 35.4 Å². The van der Waals surface area contributed by atoms with Crippen LogP contribution in [-0.4, -0.2) is 80.5 Å². The van der Waals surface area contributed by atoms with Gasteiger partial charge in [0, 0.05) is 51.4 Å². The van der Waals surface area contributed by atoms with Crippen LogP contribution in [0.5, 0.6) is 0 Å². The lowest BCUT2D eigenvalue weighted by atomic mass is 10.0. The molecule has 2 N–H and O–H groups in total. The molecule has 7 heteroatoms. The average Bonchev–Trinajstić information content (AvgIpc) is 2.73. The molecule has 2 heterocycles. The molecule has 1 aromatic rings. The standard InChI is InChI=1S/C21H34N4O3/c1-21(2,25-9-13-28-14-10-25)17-23-20(26)22-15-18-5-3-4-6-19(18)16-24-7-11-27-12-8-24/h3-6H,7-17H2,1-2H3,(H2,22,23,26). The summed E-state index contributed by atoms with van der Waals surface area (Å²) in [5.74, 6) is 0. The molecule has 0 saturated carbocycles. The van der Waals surface area contributed by atoms with Gasteiger partial charge in [-0.25, -0.2) is 4.79 Å². The number of hydrogen-bond acceptors (Lipinski definition) is 5. The fourth-order valence-corrected chi connectivity index (χ4v) is 3.70. The molecule has 2 amide bonds. The predicted molar refractivity (Wildman–Crippen MR) is 109 cm³/mol. The molecule has 2 fully saturated rings. The third-order valence-electron chi connectivity index (χ3n) is 5.60. The Morgan fingerprint density at radius 3 is 2.25 bits per heavy atom. The summed E-state index contributed by atoms with van der Waals surface area (Å²) in [6.07, 6.45) is 0. The largest absolute Gasteiger partial charge is 0.379 e. The molecule has 0 unspecified atom stereocenters. The molecular formula is C21H34N4O3. The third-order valence-corrected chi connectivity index (χ3v) is 5.60. The van der Waals surface area contributed by atoms with Gasteiger partial charge in [0.1, 0.15) is 0 Å². The molecule has 0 spiro atoms. The zero-order valence-electron chi connectivity index (χ0n) is 17.2. The van der Waals surface area contributed by atoms with E-state index in [0.717, 1.165) is 64.7 Å². The maximum Gasteiger partial charge on any atom is 0.315 e. The topological polar surface area (TPSA) is 66.1 Å². The van der Waals surface area contributed by atoms with Gasteiger partial charge in [0.25, 0.3) is 0 Å². The summed E-state index contributed by atoms with van der Waals surface area (Å²) in [4.78, 5) is 17.1. The van der Waals surface area contributed by atoms with Gasteiger partial charge in [-0.3, -0.25) is 9.80 Å². The molecule has 28 heavy (non-hydrogen) atoms. The normalized spacial score (nSPS) is 19.4. The summed E-state index contributed by atoms with van der Waals surface area (Å²) in [6, 6.07) is 8.20. The van der Waals surface area contributed by atoms with Crippen molar-refractivity contribution in [2.24, 2.45) is 0 Å². The van der Waals surface area contributed by atoms with Crippen LogP contribution in [0.2, 0.25) is 0 Å². The monoisotopic (exact) mass is 390 g/mol. The molecule has 0 atom stereocenters. The molecule has 3 rings (SSSR count). The second-order valence-electron chi connectivity index (χ2n) is 8.11. The van der Waals surface area contributed by atoms with Gasteiger partial charge in [-0.1, -0.05) is 24.3 Å². The Balaban J connectivity index is 1.46. The molecule has 1 aromatic carbocycles. The molecule has 156 valence electrons. The molecular weight excluding hydrogens is 356 g/mol. The number of amides is 2. The van der Waals surface area contributed by atoms with Gasteiger partial charge in [-0.2, -0.15) is 0 Å². The van der Waals surface area contributed by atoms with Gasteiger partial charge < -0.3 is 20.1 Å². The highest BCUT2D eigenvalue weighted by Gasteiger charge is 2.28. The highest BCUT2D eigenvalue weighted by Crippen LogP contribution is 2.15. The van der Waals surface area contributed by atoms with Crippen LogP contribution in [0.1, 0.15) is 25.0 Å². The molecule has 0 bridgehead atoms. The first-order valence-electron chi connectivity index (χ1n) is 10.3. The third kappa shape index (κ3) is 6.17. The fourth-order valence-electron chi connectivity index (χ4n) is 3.70. The minimum atomic E-state index is -0.123. The van der Waals surface area contributed by atoms with Gasteiger partial charge in [0.2, 0.25) is 0 Å². The summed E-state index contributed by atoms with van der Waals surface area (Å²) < 4.78 is 10.8. The summed E-state index contributed by atoms with van der Waals surface area (Å²) in [6.45, 7) is 13.2. The quantitative estimate of drug-likeness (QED) is 0.737. The van der Waals surface area contributed by atoms with E-state index in [1.165, 1.54) is 5.56 Å². The van der Waals surface area contributed by atoms with Crippen LogP contribution in [0.25, 0.3) is 0 Å². The smallest absolute Gasteiger partial charge is 0.315 e. The Labute approximate surface area is 168 Å². The number of rotatable bonds is 7. The SMILES string of the molecule is CC(C)(CNC(=O)NCc1ccccc1CN1CCOCC1)N1CCOCC1. The van der Waals surface area contributed by atoms with E-state index in [1.807, 2.05) is 6.07 Å². The number of nitrogens with one attached hydrogen (secondary N) is 2. The molecule has 0 aromatic heterocycles. The number of morpholine rings is 2. The lowest BCUT2D eigenvalue weighted by molar-refractivity contribution is -0.00874. The number of benzene rings is 1. The van der Waals surface area contributed by atoms with E-state index in [-0.39, 0.29) is 11.6 Å². The van der Waals surface area contributed by atoms with E-state index in [4.69, 9.17) is 9.47 Å². The van der Waals surface area contributed by atoms with Gasteiger partial charge >= 0.3 is 6.03 Å². The molecule has 7 nitrogen and oxygen atoms in total. The van der Waals surface area contributed by atoms with Crippen LogP contribution in [0.4, 0.5) is 4.79 Å². The minimum Gasteiger partial charge on any atom is -0.379 e. The van der Waals surface area contributed by atoms with Gasteiger partial charge in [0.05, 0.1) is 26.4 Å².